The van der Waals surface area contributed by atoms with Gasteiger partial charge in [0.2, 0.25) is 0 Å². The Labute approximate surface area is 89.5 Å². The Hall–Kier alpha value is -1.28. The summed E-state index contributed by atoms with van der Waals surface area (Å²) in [6, 6.07) is 6.43. The highest BCUT2D eigenvalue weighted by Gasteiger charge is 2.23. The van der Waals surface area contributed by atoms with E-state index < -0.39 is 0 Å². The fourth-order valence-corrected chi connectivity index (χ4v) is 2.72. The molecule has 2 nitrogen and oxygen atoms in total. The van der Waals surface area contributed by atoms with Gasteiger partial charge >= 0.3 is 0 Å². The molecule has 0 saturated carbocycles. The van der Waals surface area contributed by atoms with Gasteiger partial charge in [-0.3, -0.25) is 0 Å². The molecule has 0 saturated heterocycles. The van der Waals surface area contributed by atoms with Crippen molar-refractivity contribution in [2.75, 3.05) is 0 Å². The number of fused-ring (bicyclic) bond motifs is 3. The number of H-pyrrole nitrogens is 1. The zero-order chi connectivity index (χ0) is 10.4. The van der Waals surface area contributed by atoms with Gasteiger partial charge in [-0.2, -0.15) is 0 Å². The molecule has 1 heterocycles. The number of aryl methyl sites for hydroxylation is 1. The predicted molar refractivity (Wildman–Crippen MR) is 62.9 cm³/mol. The zero-order valence-electron chi connectivity index (χ0n) is 9.01. The van der Waals surface area contributed by atoms with E-state index in [1.54, 1.807) is 0 Å². The van der Waals surface area contributed by atoms with Crippen molar-refractivity contribution in [1.29, 1.82) is 0 Å². The maximum absolute atomic E-state index is 5.75. The molecule has 1 unspecified atom stereocenters. The van der Waals surface area contributed by atoms with Crippen LogP contribution in [0.25, 0.3) is 10.9 Å². The van der Waals surface area contributed by atoms with Gasteiger partial charge in [0.25, 0.3) is 0 Å². The van der Waals surface area contributed by atoms with E-state index in [1.165, 1.54) is 40.6 Å². The minimum Gasteiger partial charge on any atom is -0.358 e. The molecule has 1 aliphatic carbocycles. The summed E-state index contributed by atoms with van der Waals surface area (Å²) in [5.74, 6) is 0.679. The lowest BCUT2D eigenvalue weighted by atomic mass is 10.1. The van der Waals surface area contributed by atoms with Gasteiger partial charge in [0.05, 0.1) is 5.52 Å². The van der Waals surface area contributed by atoms with Crippen LogP contribution in [0.1, 0.15) is 36.1 Å². The highest BCUT2D eigenvalue weighted by atomic mass is 14.8. The average Bonchev–Trinajstić information content (AvgIpc) is 2.79. The Morgan fingerprint density at radius 2 is 2.33 bits per heavy atom. The topological polar surface area (TPSA) is 41.8 Å². The molecule has 15 heavy (non-hydrogen) atoms. The van der Waals surface area contributed by atoms with Crippen LogP contribution in [0.5, 0.6) is 0 Å². The molecule has 0 bridgehead atoms. The van der Waals surface area contributed by atoms with E-state index in [4.69, 9.17) is 5.73 Å². The first-order valence-electron chi connectivity index (χ1n) is 5.63. The van der Waals surface area contributed by atoms with Crippen LogP contribution in [0.15, 0.2) is 18.2 Å². The minimum absolute atomic E-state index is 0.616. The second-order valence-corrected chi connectivity index (χ2v) is 4.50. The van der Waals surface area contributed by atoms with Gasteiger partial charge in [-0.05, 0) is 29.9 Å². The molecular formula is C13H16N2. The first-order valence-corrected chi connectivity index (χ1v) is 5.63. The SMILES string of the molecule is CC1CCc2c1[nH]c1c(CN)cccc21. The summed E-state index contributed by atoms with van der Waals surface area (Å²) in [4.78, 5) is 3.57. The van der Waals surface area contributed by atoms with Crippen molar-refractivity contribution in [2.24, 2.45) is 5.73 Å². The van der Waals surface area contributed by atoms with E-state index >= 15 is 0 Å². The number of para-hydroxylation sites is 1. The quantitative estimate of drug-likeness (QED) is 0.730. The van der Waals surface area contributed by atoms with Crippen molar-refractivity contribution in [2.45, 2.75) is 32.2 Å². The molecule has 0 amide bonds. The van der Waals surface area contributed by atoms with Crippen molar-refractivity contribution >= 4 is 10.9 Å². The fourth-order valence-electron chi connectivity index (χ4n) is 2.72. The van der Waals surface area contributed by atoms with Gasteiger partial charge in [0, 0.05) is 17.6 Å². The van der Waals surface area contributed by atoms with E-state index in [-0.39, 0.29) is 0 Å². The molecule has 3 rings (SSSR count). The Kier molecular flexibility index (Phi) is 1.86. The lowest BCUT2D eigenvalue weighted by Gasteiger charge is -2.02. The normalized spacial score (nSPS) is 19.7. The van der Waals surface area contributed by atoms with E-state index in [9.17, 15) is 0 Å². The molecule has 0 fully saturated rings. The number of aromatic amines is 1. The van der Waals surface area contributed by atoms with E-state index in [0.29, 0.717) is 12.5 Å². The summed E-state index contributed by atoms with van der Waals surface area (Å²) in [6.07, 6.45) is 2.49. The monoisotopic (exact) mass is 200 g/mol. The van der Waals surface area contributed by atoms with Crippen LogP contribution in [-0.2, 0) is 13.0 Å². The summed E-state index contributed by atoms with van der Waals surface area (Å²) in [5, 5.41) is 1.39. The number of hydrogen-bond donors (Lipinski definition) is 2. The van der Waals surface area contributed by atoms with Crippen molar-refractivity contribution < 1.29 is 0 Å². The van der Waals surface area contributed by atoms with Gasteiger partial charge in [-0.1, -0.05) is 25.1 Å². The van der Waals surface area contributed by atoms with Gasteiger partial charge < -0.3 is 10.7 Å². The predicted octanol–water partition coefficient (Wildman–Crippen LogP) is 2.68. The van der Waals surface area contributed by atoms with Crippen LogP contribution in [-0.4, -0.2) is 4.98 Å². The molecule has 0 aliphatic heterocycles. The lowest BCUT2D eigenvalue weighted by Crippen LogP contribution is -1.97. The Balaban J connectivity index is 2.33. The largest absolute Gasteiger partial charge is 0.358 e. The Morgan fingerprint density at radius 3 is 3.13 bits per heavy atom. The highest BCUT2D eigenvalue weighted by Crippen LogP contribution is 2.37. The summed E-state index contributed by atoms with van der Waals surface area (Å²) >= 11 is 0. The average molecular weight is 200 g/mol. The van der Waals surface area contributed by atoms with Crippen LogP contribution >= 0.6 is 0 Å². The lowest BCUT2D eigenvalue weighted by molar-refractivity contribution is 0.731. The molecular weight excluding hydrogens is 184 g/mol. The van der Waals surface area contributed by atoms with Crippen LogP contribution in [0.4, 0.5) is 0 Å². The third kappa shape index (κ3) is 1.15. The number of hydrogen-bond acceptors (Lipinski definition) is 1. The van der Waals surface area contributed by atoms with Gasteiger partial charge in [-0.15, -0.1) is 0 Å². The maximum atomic E-state index is 5.75. The molecule has 78 valence electrons. The van der Waals surface area contributed by atoms with E-state index in [2.05, 4.69) is 30.1 Å². The number of benzene rings is 1. The summed E-state index contributed by atoms with van der Waals surface area (Å²) in [6.45, 7) is 2.91. The molecule has 2 aromatic rings. The third-order valence-electron chi connectivity index (χ3n) is 3.60. The van der Waals surface area contributed by atoms with Crippen molar-refractivity contribution in [1.82, 2.24) is 4.98 Å². The number of nitrogens with one attached hydrogen (secondary N) is 1. The van der Waals surface area contributed by atoms with Crippen LogP contribution < -0.4 is 5.73 Å². The zero-order valence-corrected chi connectivity index (χ0v) is 9.01. The second-order valence-electron chi connectivity index (χ2n) is 4.50. The van der Waals surface area contributed by atoms with Crippen LogP contribution in [0.3, 0.4) is 0 Å². The van der Waals surface area contributed by atoms with Crippen LogP contribution in [0.2, 0.25) is 0 Å². The summed E-state index contributed by atoms with van der Waals surface area (Å²) < 4.78 is 0. The summed E-state index contributed by atoms with van der Waals surface area (Å²) in [7, 11) is 0. The van der Waals surface area contributed by atoms with Crippen molar-refractivity contribution in [3.63, 3.8) is 0 Å². The first kappa shape index (κ1) is 8.98. The second kappa shape index (κ2) is 3.11. The fraction of sp³-hybridized carbons (Fsp3) is 0.385. The maximum Gasteiger partial charge on any atom is 0.0504 e. The highest BCUT2D eigenvalue weighted by molar-refractivity contribution is 5.88. The number of nitrogens with two attached hydrogens (primary N) is 1. The molecule has 1 atom stereocenters. The van der Waals surface area contributed by atoms with Crippen LogP contribution in [0, 0.1) is 0 Å². The number of aromatic nitrogens is 1. The molecule has 3 N–H and O–H groups in total. The molecule has 0 radical (unpaired) electrons. The smallest absolute Gasteiger partial charge is 0.0504 e. The minimum atomic E-state index is 0.616. The standard InChI is InChI=1S/C13H16N2/c1-8-5-6-11-10-4-2-3-9(7-14)13(10)15-12(8)11/h2-4,8,15H,5-7,14H2,1H3. The van der Waals surface area contributed by atoms with E-state index in [0.717, 1.165) is 0 Å². The van der Waals surface area contributed by atoms with Gasteiger partial charge in [0.15, 0.2) is 0 Å². The van der Waals surface area contributed by atoms with Gasteiger partial charge in [-0.25, -0.2) is 0 Å². The molecule has 1 aliphatic rings. The van der Waals surface area contributed by atoms with E-state index in [1.807, 2.05) is 0 Å². The Morgan fingerprint density at radius 1 is 1.47 bits per heavy atom. The summed E-state index contributed by atoms with van der Waals surface area (Å²) in [5.41, 5.74) is 11.2. The molecule has 1 aromatic heterocycles. The number of rotatable bonds is 1. The molecule has 1 aromatic carbocycles. The van der Waals surface area contributed by atoms with Crippen molar-refractivity contribution in [3.8, 4) is 0 Å². The molecule has 2 heteroatoms. The van der Waals surface area contributed by atoms with Gasteiger partial charge in [0.1, 0.15) is 0 Å². The first-order chi connectivity index (χ1) is 7.31. The Bertz CT molecular complexity index is 510. The third-order valence-corrected chi connectivity index (χ3v) is 3.60. The molecule has 0 spiro atoms. The van der Waals surface area contributed by atoms with Crippen molar-refractivity contribution in [3.05, 3.63) is 35.0 Å².